The lowest BCUT2D eigenvalue weighted by molar-refractivity contribution is -0.120. The van der Waals surface area contributed by atoms with Crippen LogP contribution in [0.5, 0.6) is 0 Å². The molecule has 118 valence electrons. The van der Waals surface area contributed by atoms with Gasteiger partial charge in [-0.3, -0.25) is 9.59 Å². The highest BCUT2D eigenvalue weighted by molar-refractivity contribution is 5.97. The molecule has 0 aromatic heterocycles. The zero-order chi connectivity index (χ0) is 16.2. The van der Waals surface area contributed by atoms with Crippen LogP contribution in [0.3, 0.4) is 0 Å². The van der Waals surface area contributed by atoms with E-state index in [9.17, 15) is 9.59 Å². The van der Waals surface area contributed by atoms with Crippen molar-refractivity contribution in [3.63, 3.8) is 0 Å². The Morgan fingerprint density at radius 3 is 2.87 bits per heavy atom. The molecule has 0 fully saturated rings. The van der Waals surface area contributed by atoms with Crippen LogP contribution in [0.4, 0.5) is 0 Å². The third kappa shape index (κ3) is 3.59. The molecule has 1 atom stereocenters. The van der Waals surface area contributed by atoms with Gasteiger partial charge in [0.15, 0.2) is 0 Å². The highest BCUT2D eigenvalue weighted by Gasteiger charge is 2.24. The van der Waals surface area contributed by atoms with E-state index in [1.807, 2.05) is 55.5 Å². The van der Waals surface area contributed by atoms with Crippen LogP contribution < -0.4 is 10.6 Å². The topological polar surface area (TPSA) is 58.2 Å². The predicted octanol–water partition coefficient (Wildman–Crippen LogP) is 2.18. The summed E-state index contributed by atoms with van der Waals surface area (Å²) in [6.07, 6.45) is 0.377. The molecule has 0 saturated heterocycles. The van der Waals surface area contributed by atoms with Crippen molar-refractivity contribution in [3.05, 3.63) is 70.8 Å². The van der Waals surface area contributed by atoms with E-state index in [1.54, 1.807) is 0 Å². The Morgan fingerprint density at radius 2 is 2.04 bits per heavy atom. The van der Waals surface area contributed by atoms with E-state index in [-0.39, 0.29) is 17.7 Å². The van der Waals surface area contributed by atoms with Gasteiger partial charge in [0.2, 0.25) is 5.91 Å². The maximum Gasteiger partial charge on any atom is 0.251 e. The fourth-order valence-corrected chi connectivity index (χ4v) is 2.97. The lowest BCUT2D eigenvalue weighted by atomic mass is 9.90. The molecule has 0 radical (unpaired) electrons. The zero-order valence-electron chi connectivity index (χ0n) is 13.1. The molecule has 2 aromatic rings. The van der Waals surface area contributed by atoms with Crippen molar-refractivity contribution in [2.75, 3.05) is 13.1 Å². The first-order chi connectivity index (χ1) is 11.1. The molecule has 1 aliphatic heterocycles. The fourth-order valence-electron chi connectivity index (χ4n) is 2.97. The SMILES string of the molecule is Cc1cccc(CC(=O)NCC2CNC(=O)c3ccccc32)c1. The molecular weight excluding hydrogens is 288 g/mol. The summed E-state index contributed by atoms with van der Waals surface area (Å²) in [7, 11) is 0. The molecule has 2 aromatic carbocycles. The molecule has 0 bridgehead atoms. The second-order valence-corrected chi connectivity index (χ2v) is 5.96. The van der Waals surface area contributed by atoms with E-state index < -0.39 is 0 Å². The van der Waals surface area contributed by atoms with Gasteiger partial charge in [-0.25, -0.2) is 0 Å². The molecule has 1 unspecified atom stereocenters. The Labute approximate surface area is 135 Å². The van der Waals surface area contributed by atoms with Crippen LogP contribution >= 0.6 is 0 Å². The maximum atomic E-state index is 12.1. The van der Waals surface area contributed by atoms with Gasteiger partial charge >= 0.3 is 0 Å². The lowest BCUT2D eigenvalue weighted by Crippen LogP contribution is -2.40. The summed E-state index contributed by atoms with van der Waals surface area (Å²) in [6.45, 7) is 3.10. The van der Waals surface area contributed by atoms with Gasteiger partial charge in [-0.05, 0) is 24.1 Å². The first kappa shape index (κ1) is 15.3. The number of rotatable bonds is 4. The molecule has 4 heteroatoms. The van der Waals surface area contributed by atoms with E-state index >= 15 is 0 Å². The molecular formula is C19H20N2O2. The van der Waals surface area contributed by atoms with Crippen molar-refractivity contribution in [1.29, 1.82) is 0 Å². The lowest BCUT2D eigenvalue weighted by Gasteiger charge is -2.25. The van der Waals surface area contributed by atoms with Gasteiger partial charge in [0.1, 0.15) is 0 Å². The van der Waals surface area contributed by atoms with E-state index in [0.29, 0.717) is 25.1 Å². The van der Waals surface area contributed by atoms with E-state index in [2.05, 4.69) is 10.6 Å². The van der Waals surface area contributed by atoms with Crippen LogP contribution in [0.15, 0.2) is 48.5 Å². The average molecular weight is 308 g/mol. The number of nitrogens with one attached hydrogen (secondary N) is 2. The largest absolute Gasteiger partial charge is 0.355 e. The number of amides is 2. The monoisotopic (exact) mass is 308 g/mol. The van der Waals surface area contributed by atoms with Gasteiger partial charge in [0, 0.05) is 24.6 Å². The van der Waals surface area contributed by atoms with Gasteiger partial charge in [0.05, 0.1) is 6.42 Å². The number of carbonyl (C=O) groups excluding carboxylic acids is 2. The van der Waals surface area contributed by atoms with Gasteiger partial charge in [-0.1, -0.05) is 48.0 Å². The minimum atomic E-state index is -0.0389. The van der Waals surface area contributed by atoms with Crippen LogP contribution in [0.25, 0.3) is 0 Å². The second kappa shape index (κ2) is 6.65. The average Bonchev–Trinajstić information content (AvgIpc) is 2.54. The van der Waals surface area contributed by atoms with E-state index in [0.717, 1.165) is 16.7 Å². The number of fused-ring (bicyclic) bond motifs is 1. The summed E-state index contributed by atoms with van der Waals surface area (Å²) < 4.78 is 0. The summed E-state index contributed by atoms with van der Waals surface area (Å²) in [5.41, 5.74) is 3.88. The fraction of sp³-hybridized carbons (Fsp3) is 0.263. The standard InChI is InChI=1S/C19H20N2O2/c1-13-5-4-6-14(9-13)10-18(22)20-11-15-12-21-19(23)17-8-3-2-7-16(15)17/h2-9,15H,10-12H2,1H3,(H,20,22)(H,21,23). The highest BCUT2D eigenvalue weighted by Crippen LogP contribution is 2.23. The van der Waals surface area contributed by atoms with E-state index in [1.165, 1.54) is 0 Å². The summed E-state index contributed by atoms with van der Waals surface area (Å²) >= 11 is 0. The second-order valence-electron chi connectivity index (χ2n) is 5.96. The first-order valence-electron chi connectivity index (χ1n) is 7.83. The number of aryl methyl sites for hydroxylation is 1. The van der Waals surface area contributed by atoms with Crippen molar-refractivity contribution >= 4 is 11.8 Å². The molecule has 2 amide bonds. The Morgan fingerprint density at radius 1 is 1.22 bits per heavy atom. The number of carbonyl (C=O) groups is 2. The Hall–Kier alpha value is -2.62. The minimum Gasteiger partial charge on any atom is -0.355 e. The van der Waals surface area contributed by atoms with Gasteiger partial charge in [0.25, 0.3) is 5.91 Å². The molecule has 3 rings (SSSR count). The molecule has 0 aliphatic carbocycles. The quantitative estimate of drug-likeness (QED) is 0.909. The third-order valence-electron chi connectivity index (χ3n) is 4.15. The summed E-state index contributed by atoms with van der Waals surface area (Å²) in [5.74, 6) is 0.0817. The van der Waals surface area contributed by atoms with Crippen LogP contribution in [-0.4, -0.2) is 24.9 Å². The van der Waals surface area contributed by atoms with Crippen molar-refractivity contribution in [2.45, 2.75) is 19.3 Å². The smallest absolute Gasteiger partial charge is 0.251 e. The summed E-state index contributed by atoms with van der Waals surface area (Å²) in [4.78, 5) is 24.0. The van der Waals surface area contributed by atoms with Gasteiger partial charge in [-0.15, -0.1) is 0 Å². The maximum absolute atomic E-state index is 12.1. The van der Waals surface area contributed by atoms with Gasteiger partial charge in [-0.2, -0.15) is 0 Å². The van der Waals surface area contributed by atoms with Crippen LogP contribution in [0, 0.1) is 6.92 Å². The molecule has 2 N–H and O–H groups in total. The Kier molecular flexibility index (Phi) is 4.42. The third-order valence-corrected chi connectivity index (χ3v) is 4.15. The zero-order valence-corrected chi connectivity index (χ0v) is 13.1. The number of hydrogen-bond donors (Lipinski definition) is 2. The van der Waals surface area contributed by atoms with Crippen LogP contribution in [0.2, 0.25) is 0 Å². The molecule has 4 nitrogen and oxygen atoms in total. The number of benzene rings is 2. The molecule has 0 saturated carbocycles. The predicted molar refractivity (Wildman–Crippen MR) is 89.4 cm³/mol. The van der Waals surface area contributed by atoms with E-state index in [4.69, 9.17) is 0 Å². The highest BCUT2D eigenvalue weighted by atomic mass is 16.2. The minimum absolute atomic E-state index is 0.00461. The number of hydrogen-bond acceptors (Lipinski definition) is 2. The summed E-state index contributed by atoms with van der Waals surface area (Å²) in [6, 6.07) is 15.5. The molecule has 1 heterocycles. The molecule has 23 heavy (non-hydrogen) atoms. The van der Waals surface area contributed by atoms with Crippen molar-refractivity contribution < 1.29 is 9.59 Å². The van der Waals surface area contributed by atoms with Crippen molar-refractivity contribution in [1.82, 2.24) is 10.6 Å². The Balaban J connectivity index is 1.61. The first-order valence-corrected chi connectivity index (χ1v) is 7.83. The molecule has 1 aliphatic rings. The normalized spacial score (nSPS) is 16.4. The summed E-state index contributed by atoms with van der Waals surface area (Å²) in [5, 5.41) is 5.86. The van der Waals surface area contributed by atoms with Crippen molar-refractivity contribution in [3.8, 4) is 0 Å². The Bertz CT molecular complexity index is 740. The molecule has 0 spiro atoms. The van der Waals surface area contributed by atoms with Gasteiger partial charge < -0.3 is 10.6 Å². The van der Waals surface area contributed by atoms with Crippen LogP contribution in [0.1, 0.15) is 33.0 Å². The van der Waals surface area contributed by atoms with Crippen molar-refractivity contribution in [2.24, 2.45) is 0 Å². The van der Waals surface area contributed by atoms with Crippen LogP contribution in [-0.2, 0) is 11.2 Å².